The first-order valence-electron chi connectivity index (χ1n) is 27.7. The van der Waals surface area contributed by atoms with E-state index in [1.165, 1.54) is 50.2 Å². The Labute approximate surface area is 467 Å². The Bertz CT molecular complexity index is 3830. The zero-order valence-corrected chi connectivity index (χ0v) is 48.1. The van der Waals surface area contributed by atoms with E-state index >= 15 is 0 Å². The van der Waals surface area contributed by atoms with Gasteiger partial charge >= 0.3 is 0 Å². The van der Waals surface area contributed by atoms with Gasteiger partial charge in [0.2, 0.25) is 0 Å². The predicted octanol–water partition coefficient (Wildman–Crippen LogP) is 20.0. The van der Waals surface area contributed by atoms with Crippen molar-refractivity contribution in [3.63, 3.8) is 0 Å². The van der Waals surface area contributed by atoms with E-state index in [2.05, 4.69) is 204 Å². The molecule has 0 unspecified atom stereocenters. The van der Waals surface area contributed by atoms with Crippen LogP contribution in [0.15, 0.2) is 187 Å². The molecule has 0 aliphatic rings. The van der Waals surface area contributed by atoms with Crippen LogP contribution in [0.2, 0.25) is 0 Å². The molecule has 4 nitrogen and oxygen atoms in total. The molecule has 3 heterocycles. The van der Waals surface area contributed by atoms with Crippen LogP contribution in [0.1, 0.15) is 130 Å². The molecule has 0 fully saturated rings. The Morgan fingerprint density at radius 2 is 1.16 bits per heavy atom. The van der Waals surface area contributed by atoms with E-state index in [0.717, 1.165) is 66.7 Å². The molecule has 0 N–H and O–H groups in total. The summed E-state index contributed by atoms with van der Waals surface area (Å²) in [6.07, 6.45) is 0.206. The molecular formula is C71H69IrN3O-2. The summed E-state index contributed by atoms with van der Waals surface area (Å²) in [7, 11) is 0. The van der Waals surface area contributed by atoms with Crippen molar-refractivity contribution in [1.29, 1.82) is 0 Å². The van der Waals surface area contributed by atoms with Gasteiger partial charge in [-0.15, -0.1) is 53.6 Å². The second-order valence-corrected chi connectivity index (χ2v) is 22.1. The molecule has 0 aliphatic carbocycles. The number of pyridine rings is 1. The van der Waals surface area contributed by atoms with Crippen molar-refractivity contribution in [2.45, 2.75) is 106 Å². The van der Waals surface area contributed by atoms with Crippen molar-refractivity contribution >= 4 is 33.0 Å². The van der Waals surface area contributed by atoms with E-state index in [9.17, 15) is 0 Å². The number of benzene rings is 8. The zero-order valence-electron chi connectivity index (χ0n) is 47.7. The van der Waals surface area contributed by atoms with E-state index in [-0.39, 0.29) is 20.1 Å². The summed E-state index contributed by atoms with van der Waals surface area (Å²) in [5, 5.41) is 2.17. The number of imidazole rings is 1. The SMILES string of the molecule is CC(C)c1cc(-c2ccccc2)cc(C(C)C)c1-c1ccc2c(c1)oc1c(-c3nc4ccccc4n3-c3c(C(C)C)cccc3C(C)C)[c-]ccc12.[2H]C([2H])(c1ccc(-c2[c-]ccc(-c3ccccc3)c2)nc1)C(C)(C)C.[Ir]. The fourth-order valence-corrected chi connectivity index (χ4v) is 10.5. The average molecular weight is 1170 g/mol. The second-order valence-electron chi connectivity index (χ2n) is 22.1. The maximum Gasteiger partial charge on any atom is 0.121 e. The molecule has 11 rings (SSSR count). The summed E-state index contributed by atoms with van der Waals surface area (Å²) in [6.45, 7) is 24.0. The molecule has 385 valence electrons. The molecule has 76 heavy (non-hydrogen) atoms. The number of nitrogens with zero attached hydrogens (tertiary/aromatic N) is 3. The number of furan rings is 1. The van der Waals surface area contributed by atoms with Gasteiger partial charge in [0, 0.05) is 40.1 Å². The van der Waals surface area contributed by atoms with Gasteiger partial charge in [0.15, 0.2) is 0 Å². The first-order valence-corrected chi connectivity index (χ1v) is 26.7. The maximum absolute atomic E-state index is 8.36. The van der Waals surface area contributed by atoms with Crippen molar-refractivity contribution in [1.82, 2.24) is 14.5 Å². The number of fused-ring (bicyclic) bond motifs is 4. The van der Waals surface area contributed by atoms with Crippen LogP contribution >= 0.6 is 0 Å². The van der Waals surface area contributed by atoms with E-state index in [4.69, 9.17) is 12.1 Å². The van der Waals surface area contributed by atoms with E-state index < -0.39 is 11.8 Å². The van der Waals surface area contributed by atoms with Crippen LogP contribution < -0.4 is 0 Å². The molecule has 0 saturated carbocycles. The smallest absolute Gasteiger partial charge is 0.121 e. The van der Waals surface area contributed by atoms with Crippen molar-refractivity contribution in [3.8, 4) is 61.7 Å². The van der Waals surface area contributed by atoms with Gasteiger partial charge in [0.1, 0.15) is 5.58 Å². The van der Waals surface area contributed by atoms with Gasteiger partial charge in [0.05, 0.1) is 22.4 Å². The Kier molecular flexibility index (Phi) is 15.1. The van der Waals surface area contributed by atoms with Gasteiger partial charge in [-0.2, -0.15) is 0 Å². The first-order chi connectivity index (χ1) is 36.9. The third-order valence-electron chi connectivity index (χ3n) is 14.1. The normalized spacial score (nSPS) is 12.4. The number of aromatic nitrogens is 3. The molecule has 0 aliphatic heterocycles. The van der Waals surface area contributed by atoms with Gasteiger partial charge in [-0.05, 0) is 115 Å². The van der Waals surface area contributed by atoms with Crippen LogP contribution in [0.25, 0.3) is 94.7 Å². The van der Waals surface area contributed by atoms with E-state index in [0.29, 0.717) is 29.2 Å². The number of hydrogen-bond acceptors (Lipinski definition) is 3. The Balaban J connectivity index is 0.000000239. The van der Waals surface area contributed by atoms with Crippen LogP contribution in [-0.2, 0) is 26.5 Å². The van der Waals surface area contributed by atoms with Gasteiger partial charge in [-0.3, -0.25) is 4.98 Å². The third-order valence-corrected chi connectivity index (χ3v) is 14.1. The largest absolute Gasteiger partial charge is 0.501 e. The van der Waals surface area contributed by atoms with Crippen LogP contribution in [0, 0.1) is 17.5 Å². The summed E-state index contributed by atoms with van der Waals surface area (Å²) in [5.74, 6) is 2.21. The van der Waals surface area contributed by atoms with Crippen molar-refractivity contribution in [2.24, 2.45) is 5.41 Å². The Morgan fingerprint density at radius 1 is 0.553 bits per heavy atom. The van der Waals surface area contributed by atoms with E-state index in [1.54, 1.807) is 6.20 Å². The van der Waals surface area contributed by atoms with Crippen LogP contribution in [0.4, 0.5) is 0 Å². The monoisotopic (exact) mass is 1170 g/mol. The summed E-state index contributed by atoms with van der Waals surface area (Å²) in [4.78, 5) is 9.80. The molecule has 1 radical (unpaired) electrons. The summed E-state index contributed by atoms with van der Waals surface area (Å²) in [6, 6.07) is 68.4. The minimum Gasteiger partial charge on any atom is -0.501 e. The van der Waals surface area contributed by atoms with Gasteiger partial charge in [-0.25, -0.2) is 0 Å². The predicted molar refractivity (Wildman–Crippen MR) is 317 cm³/mol. The van der Waals surface area contributed by atoms with Gasteiger partial charge < -0.3 is 14.0 Å². The Morgan fingerprint density at radius 3 is 1.76 bits per heavy atom. The van der Waals surface area contributed by atoms with E-state index in [1.807, 2.05) is 69.3 Å². The number of hydrogen-bond donors (Lipinski definition) is 0. The minimum atomic E-state index is -1.44. The zero-order chi connectivity index (χ0) is 54.3. The van der Waals surface area contributed by atoms with Gasteiger partial charge in [0.25, 0.3) is 0 Å². The molecular weight excluding hydrogens is 1100 g/mol. The fraction of sp³-hybridized carbons (Fsp3) is 0.239. The summed E-state index contributed by atoms with van der Waals surface area (Å²) < 4.78 is 26.0. The van der Waals surface area contributed by atoms with Crippen molar-refractivity contribution in [2.75, 3.05) is 0 Å². The summed E-state index contributed by atoms with van der Waals surface area (Å²) in [5.41, 5.74) is 20.2. The summed E-state index contributed by atoms with van der Waals surface area (Å²) >= 11 is 0. The molecule has 0 atom stereocenters. The van der Waals surface area contributed by atoms with Crippen LogP contribution in [0.5, 0.6) is 0 Å². The molecule has 0 saturated heterocycles. The molecule has 11 aromatic rings. The minimum absolute atomic E-state index is 0. The third kappa shape index (κ3) is 11.1. The molecule has 5 heteroatoms. The molecule has 8 aromatic carbocycles. The second kappa shape index (κ2) is 22.6. The Hall–Kier alpha value is -7.17. The molecule has 0 amide bonds. The first kappa shape index (κ1) is 51.0. The standard InChI is InChI=1S/C49H47N2O.C22H22N.Ir/c1-29(2)36-18-14-19-37(30(3)4)47(36)51-44-23-13-12-22-43(44)50-49(51)40-21-15-20-39-38-25-24-34(28-45(38)52-48(39)40)46-41(31(5)6)26-35(27-42(46)32(7)8)33-16-10-9-11-17-33;1-22(2,3)15-17-12-13-21(23-16-17)20-11-7-10-19(14-20)18-8-5-4-6-9-18;/h9-20,22-32H,1-8H3;4-10,12-14,16H,15H2,1-3H3;/q2*-1;/i;15D2;. The van der Waals surface area contributed by atoms with Crippen molar-refractivity contribution < 1.29 is 27.3 Å². The fourth-order valence-electron chi connectivity index (χ4n) is 10.5. The number of para-hydroxylation sites is 3. The van der Waals surface area contributed by atoms with Crippen LogP contribution in [-0.4, -0.2) is 14.5 Å². The van der Waals surface area contributed by atoms with Crippen molar-refractivity contribution in [3.05, 3.63) is 222 Å². The topological polar surface area (TPSA) is 43.9 Å². The maximum atomic E-state index is 8.36. The molecule has 0 spiro atoms. The quantitative estimate of drug-likeness (QED) is 0.121. The van der Waals surface area contributed by atoms with Gasteiger partial charge in [-0.1, -0.05) is 215 Å². The molecule has 0 bridgehead atoms. The molecule has 3 aromatic heterocycles. The van der Waals surface area contributed by atoms with Crippen LogP contribution in [0.3, 0.4) is 0 Å². The number of rotatable bonds is 11. The average Bonchev–Trinajstić information content (AvgIpc) is 4.23.